The van der Waals surface area contributed by atoms with Crippen LogP contribution in [0.3, 0.4) is 0 Å². The molecular weight excluding hydrogens is 260 g/mol. The summed E-state index contributed by atoms with van der Waals surface area (Å²) in [6.45, 7) is 1.22. The molecule has 0 amide bonds. The van der Waals surface area contributed by atoms with E-state index >= 15 is 0 Å². The van der Waals surface area contributed by atoms with Gasteiger partial charge in [-0.15, -0.1) is 0 Å². The molecule has 6 atom stereocenters. The van der Waals surface area contributed by atoms with E-state index in [-0.39, 0.29) is 12.9 Å². The Labute approximate surface area is 118 Å². The molecule has 3 aliphatic rings. The molecule has 3 saturated carbocycles. The molecule has 3 aliphatic carbocycles. The Balaban J connectivity index is 1.44. The molecule has 6 unspecified atom stereocenters. The van der Waals surface area contributed by atoms with Gasteiger partial charge in [-0.1, -0.05) is 6.42 Å². The topological polar surface area (TPSA) is 72.8 Å². The first-order valence-electron chi connectivity index (χ1n) is 7.59. The van der Waals surface area contributed by atoms with Crippen LogP contribution in [-0.2, 0) is 19.1 Å². The zero-order valence-electron chi connectivity index (χ0n) is 11.8. The van der Waals surface area contributed by atoms with E-state index in [0.29, 0.717) is 5.92 Å². The van der Waals surface area contributed by atoms with Crippen molar-refractivity contribution in [2.24, 2.45) is 29.6 Å². The second-order valence-electron chi connectivity index (χ2n) is 6.50. The molecule has 2 bridgehead atoms. The Hall–Kier alpha value is -1.10. The van der Waals surface area contributed by atoms with Crippen LogP contribution in [0.25, 0.3) is 0 Å². The van der Waals surface area contributed by atoms with E-state index in [1.807, 2.05) is 0 Å². The van der Waals surface area contributed by atoms with Gasteiger partial charge >= 0.3 is 11.9 Å². The van der Waals surface area contributed by atoms with Gasteiger partial charge in [0.25, 0.3) is 0 Å². The number of carbonyl (C=O) groups excluding carboxylic acids is 1. The molecule has 0 saturated heterocycles. The van der Waals surface area contributed by atoms with Gasteiger partial charge in [0.05, 0.1) is 6.10 Å². The van der Waals surface area contributed by atoms with Crippen LogP contribution in [-0.4, -0.2) is 29.9 Å². The van der Waals surface area contributed by atoms with Crippen molar-refractivity contribution >= 4 is 11.9 Å². The van der Waals surface area contributed by atoms with Crippen molar-refractivity contribution in [3.63, 3.8) is 0 Å². The van der Waals surface area contributed by atoms with Gasteiger partial charge in [0.1, 0.15) is 0 Å². The fourth-order valence-corrected chi connectivity index (χ4v) is 4.60. The second-order valence-corrected chi connectivity index (χ2v) is 6.50. The highest BCUT2D eigenvalue weighted by Crippen LogP contribution is 2.59. The molecule has 0 aromatic carbocycles. The first-order valence-corrected chi connectivity index (χ1v) is 7.59. The van der Waals surface area contributed by atoms with E-state index in [1.54, 1.807) is 0 Å². The van der Waals surface area contributed by atoms with Gasteiger partial charge in [0.15, 0.2) is 12.7 Å². The minimum atomic E-state index is -1.16. The zero-order chi connectivity index (χ0) is 14.3. The standard InChI is InChI=1S/C15H22O5/c1-8(14(16)17)15(18)20-7-19-13-6-9-5-12(13)11-4-2-3-10(9)11/h8-13H,2-7H2,1H3,(H,16,17). The van der Waals surface area contributed by atoms with Crippen LogP contribution in [0, 0.1) is 29.6 Å². The van der Waals surface area contributed by atoms with Crippen molar-refractivity contribution in [3.05, 3.63) is 0 Å². The number of esters is 1. The largest absolute Gasteiger partial charge is 0.481 e. The lowest BCUT2D eigenvalue weighted by Gasteiger charge is -2.31. The Kier molecular flexibility index (Phi) is 3.71. The summed E-state index contributed by atoms with van der Waals surface area (Å²) in [4.78, 5) is 22.1. The van der Waals surface area contributed by atoms with Crippen LogP contribution in [0.1, 0.15) is 39.0 Å². The number of fused-ring (bicyclic) bond motifs is 5. The van der Waals surface area contributed by atoms with Crippen LogP contribution in [0.4, 0.5) is 0 Å². The number of rotatable bonds is 5. The van der Waals surface area contributed by atoms with Crippen LogP contribution in [0.5, 0.6) is 0 Å². The van der Waals surface area contributed by atoms with Crippen molar-refractivity contribution in [2.75, 3.05) is 6.79 Å². The van der Waals surface area contributed by atoms with Gasteiger partial charge in [0.2, 0.25) is 0 Å². The van der Waals surface area contributed by atoms with Gasteiger partial charge in [0, 0.05) is 0 Å². The van der Waals surface area contributed by atoms with Crippen LogP contribution >= 0.6 is 0 Å². The summed E-state index contributed by atoms with van der Waals surface area (Å²) in [6, 6.07) is 0. The molecule has 112 valence electrons. The summed E-state index contributed by atoms with van der Waals surface area (Å²) in [5, 5.41) is 8.71. The smallest absolute Gasteiger partial charge is 0.322 e. The van der Waals surface area contributed by atoms with Crippen molar-refractivity contribution in [2.45, 2.75) is 45.1 Å². The molecule has 5 nitrogen and oxygen atoms in total. The third kappa shape index (κ3) is 2.32. The molecule has 20 heavy (non-hydrogen) atoms. The van der Waals surface area contributed by atoms with E-state index < -0.39 is 17.9 Å². The number of ether oxygens (including phenoxy) is 2. The normalized spacial score (nSPS) is 39.5. The summed E-state index contributed by atoms with van der Waals surface area (Å²) in [5.41, 5.74) is 0. The molecule has 0 heterocycles. The number of aliphatic carboxylic acids is 1. The Bertz CT molecular complexity index is 407. The quantitative estimate of drug-likeness (QED) is 0.474. The molecule has 1 N–H and O–H groups in total. The predicted octanol–water partition coefficient (Wildman–Crippen LogP) is 2.05. The molecule has 0 aromatic rings. The summed E-state index contributed by atoms with van der Waals surface area (Å²) in [6.07, 6.45) is 6.59. The molecule has 3 fully saturated rings. The molecule has 0 aliphatic heterocycles. The fraction of sp³-hybridized carbons (Fsp3) is 0.867. The summed E-state index contributed by atoms with van der Waals surface area (Å²) >= 11 is 0. The van der Waals surface area contributed by atoms with Gasteiger partial charge in [-0.3, -0.25) is 9.59 Å². The first-order chi connectivity index (χ1) is 9.58. The number of carbonyl (C=O) groups is 2. The average molecular weight is 282 g/mol. The molecule has 5 heteroatoms. The average Bonchev–Trinajstić information content (AvgIpc) is 3.09. The van der Waals surface area contributed by atoms with Crippen LogP contribution in [0.15, 0.2) is 0 Å². The highest BCUT2D eigenvalue weighted by atomic mass is 16.7. The van der Waals surface area contributed by atoms with Crippen molar-refractivity contribution < 1.29 is 24.2 Å². The van der Waals surface area contributed by atoms with Crippen molar-refractivity contribution in [1.29, 1.82) is 0 Å². The van der Waals surface area contributed by atoms with E-state index in [0.717, 1.165) is 24.2 Å². The van der Waals surface area contributed by atoms with E-state index in [4.69, 9.17) is 14.6 Å². The Morgan fingerprint density at radius 2 is 1.95 bits per heavy atom. The molecule has 0 radical (unpaired) electrons. The summed E-state index contributed by atoms with van der Waals surface area (Å²) in [7, 11) is 0. The fourth-order valence-electron chi connectivity index (χ4n) is 4.60. The lowest BCUT2D eigenvalue weighted by Crippen LogP contribution is -2.32. The third-order valence-electron chi connectivity index (χ3n) is 5.58. The minimum Gasteiger partial charge on any atom is -0.481 e. The maximum absolute atomic E-state index is 11.4. The van der Waals surface area contributed by atoms with Gasteiger partial charge in [-0.25, -0.2) is 0 Å². The summed E-state index contributed by atoms with van der Waals surface area (Å²) in [5.74, 6) is 0.136. The van der Waals surface area contributed by atoms with E-state index in [2.05, 4.69) is 0 Å². The first kappa shape index (κ1) is 13.9. The molecule has 0 spiro atoms. The maximum Gasteiger partial charge on any atom is 0.322 e. The molecule has 3 rings (SSSR count). The number of hydrogen-bond donors (Lipinski definition) is 1. The van der Waals surface area contributed by atoms with Gasteiger partial charge in [-0.05, 0) is 56.3 Å². The lowest BCUT2D eigenvalue weighted by molar-refractivity contribution is -0.173. The van der Waals surface area contributed by atoms with Crippen molar-refractivity contribution in [1.82, 2.24) is 0 Å². The van der Waals surface area contributed by atoms with Crippen LogP contribution in [0.2, 0.25) is 0 Å². The van der Waals surface area contributed by atoms with E-state index in [9.17, 15) is 9.59 Å². The second kappa shape index (κ2) is 5.35. The van der Waals surface area contributed by atoms with Crippen LogP contribution < -0.4 is 0 Å². The predicted molar refractivity (Wildman–Crippen MR) is 69.7 cm³/mol. The van der Waals surface area contributed by atoms with Gasteiger partial charge < -0.3 is 14.6 Å². The summed E-state index contributed by atoms with van der Waals surface area (Å²) < 4.78 is 10.6. The van der Waals surface area contributed by atoms with E-state index in [1.165, 1.54) is 32.6 Å². The highest BCUT2D eigenvalue weighted by Gasteiger charge is 2.54. The van der Waals surface area contributed by atoms with Gasteiger partial charge in [-0.2, -0.15) is 0 Å². The number of hydrogen-bond acceptors (Lipinski definition) is 4. The SMILES string of the molecule is CC(C(=O)O)C(=O)OCOC1CC2CC1C1CCCC21. The zero-order valence-corrected chi connectivity index (χ0v) is 11.8. The molecular formula is C15H22O5. The molecule has 0 aromatic heterocycles. The lowest BCUT2D eigenvalue weighted by atomic mass is 9.80. The Morgan fingerprint density at radius 1 is 1.20 bits per heavy atom. The Morgan fingerprint density at radius 3 is 2.70 bits per heavy atom. The van der Waals surface area contributed by atoms with Crippen molar-refractivity contribution in [3.8, 4) is 0 Å². The number of carboxylic acid groups (broad SMARTS) is 1. The number of carboxylic acids is 1. The maximum atomic E-state index is 11.4. The third-order valence-corrected chi connectivity index (χ3v) is 5.58. The minimum absolute atomic E-state index is 0.109. The monoisotopic (exact) mass is 282 g/mol. The highest BCUT2D eigenvalue weighted by molar-refractivity contribution is 5.93.